The second kappa shape index (κ2) is 5.36. The van der Waals surface area contributed by atoms with Crippen LogP contribution >= 0.6 is 0 Å². The zero-order chi connectivity index (χ0) is 14.0. The molecule has 4 heteroatoms. The standard InChI is InChI=1S/C15H14F2O2/c1-9-3-5-12(16)11(7-9)15(18)10-4-6-14(19-2)13(17)8-10/h3-8,15,18H,1-2H3. The van der Waals surface area contributed by atoms with E-state index in [0.29, 0.717) is 0 Å². The molecular weight excluding hydrogens is 250 g/mol. The second-order valence-electron chi connectivity index (χ2n) is 4.32. The van der Waals surface area contributed by atoms with Gasteiger partial charge in [-0.15, -0.1) is 0 Å². The van der Waals surface area contributed by atoms with Gasteiger partial charge in [0.1, 0.15) is 11.9 Å². The highest BCUT2D eigenvalue weighted by atomic mass is 19.1. The Kier molecular flexibility index (Phi) is 3.81. The molecular formula is C15H14F2O2. The van der Waals surface area contributed by atoms with Gasteiger partial charge in [0.25, 0.3) is 0 Å². The molecule has 0 aliphatic heterocycles. The molecule has 2 aromatic carbocycles. The lowest BCUT2D eigenvalue weighted by atomic mass is 9.99. The Balaban J connectivity index is 2.41. The summed E-state index contributed by atoms with van der Waals surface area (Å²) in [5, 5.41) is 10.1. The van der Waals surface area contributed by atoms with Crippen LogP contribution < -0.4 is 4.74 Å². The minimum atomic E-state index is -1.21. The van der Waals surface area contributed by atoms with Gasteiger partial charge in [0.15, 0.2) is 11.6 Å². The summed E-state index contributed by atoms with van der Waals surface area (Å²) < 4.78 is 32.0. The first-order valence-electron chi connectivity index (χ1n) is 5.80. The van der Waals surface area contributed by atoms with Gasteiger partial charge in [0.2, 0.25) is 0 Å². The average molecular weight is 264 g/mol. The van der Waals surface area contributed by atoms with Crippen LogP contribution in [0.4, 0.5) is 8.78 Å². The van der Waals surface area contributed by atoms with Crippen LogP contribution in [0.2, 0.25) is 0 Å². The molecule has 0 aromatic heterocycles. The first-order valence-corrected chi connectivity index (χ1v) is 5.80. The van der Waals surface area contributed by atoms with Gasteiger partial charge >= 0.3 is 0 Å². The lowest BCUT2D eigenvalue weighted by molar-refractivity contribution is 0.214. The molecule has 0 amide bonds. The molecule has 2 nitrogen and oxygen atoms in total. The Morgan fingerprint density at radius 3 is 2.42 bits per heavy atom. The van der Waals surface area contributed by atoms with Crippen LogP contribution in [0, 0.1) is 18.6 Å². The minimum Gasteiger partial charge on any atom is -0.494 e. The zero-order valence-electron chi connectivity index (χ0n) is 10.7. The van der Waals surface area contributed by atoms with Crippen molar-refractivity contribution < 1.29 is 18.6 Å². The molecule has 0 saturated carbocycles. The van der Waals surface area contributed by atoms with Gasteiger partial charge in [0, 0.05) is 5.56 Å². The lowest BCUT2D eigenvalue weighted by Gasteiger charge is -2.14. The molecule has 100 valence electrons. The van der Waals surface area contributed by atoms with Crippen molar-refractivity contribution in [1.29, 1.82) is 0 Å². The molecule has 0 aliphatic rings. The molecule has 0 fully saturated rings. The smallest absolute Gasteiger partial charge is 0.165 e. The van der Waals surface area contributed by atoms with Crippen molar-refractivity contribution in [2.24, 2.45) is 0 Å². The Bertz CT molecular complexity index is 597. The van der Waals surface area contributed by atoms with Crippen LogP contribution in [0.1, 0.15) is 22.8 Å². The van der Waals surface area contributed by atoms with Gasteiger partial charge < -0.3 is 9.84 Å². The summed E-state index contributed by atoms with van der Waals surface area (Å²) in [6.07, 6.45) is -1.21. The number of ether oxygens (including phenoxy) is 1. The molecule has 0 heterocycles. The summed E-state index contributed by atoms with van der Waals surface area (Å²) in [7, 11) is 1.36. The molecule has 0 bridgehead atoms. The molecule has 1 unspecified atom stereocenters. The predicted octanol–water partition coefficient (Wildman–Crippen LogP) is 3.36. The van der Waals surface area contributed by atoms with Crippen molar-refractivity contribution in [3.8, 4) is 5.75 Å². The van der Waals surface area contributed by atoms with E-state index in [1.807, 2.05) is 0 Å². The molecule has 2 aromatic rings. The summed E-state index contributed by atoms with van der Waals surface area (Å²) >= 11 is 0. The molecule has 0 radical (unpaired) electrons. The van der Waals surface area contributed by atoms with Gasteiger partial charge in [-0.2, -0.15) is 0 Å². The summed E-state index contributed by atoms with van der Waals surface area (Å²) in [6.45, 7) is 1.80. The highest BCUT2D eigenvalue weighted by molar-refractivity contribution is 5.37. The van der Waals surface area contributed by atoms with Crippen LogP contribution in [0.15, 0.2) is 36.4 Å². The Morgan fingerprint density at radius 1 is 1.05 bits per heavy atom. The summed E-state index contributed by atoms with van der Waals surface area (Å²) in [5.74, 6) is -1.03. The molecule has 1 atom stereocenters. The van der Waals surface area contributed by atoms with Crippen molar-refractivity contribution >= 4 is 0 Å². The fourth-order valence-electron chi connectivity index (χ4n) is 1.90. The highest BCUT2D eigenvalue weighted by Gasteiger charge is 2.17. The van der Waals surface area contributed by atoms with Crippen LogP contribution in [0.5, 0.6) is 5.75 Å². The van der Waals surface area contributed by atoms with Crippen LogP contribution in [-0.2, 0) is 0 Å². The van der Waals surface area contributed by atoms with E-state index in [-0.39, 0.29) is 16.9 Å². The van der Waals surface area contributed by atoms with Crippen molar-refractivity contribution in [3.63, 3.8) is 0 Å². The summed E-state index contributed by atoms with van der Waals surface area (Å²) in [5.41, 5.74) is 1.23. The maximum atomic E-state index is 13.7. The summed E-state index contributed by atoms with van der Waals surface area (Å²) in [4.78, 5) is 0. The van der Waals surface area contributed by atoms with E-state index in [0.717, 1.165) is 11.6 Å². The molecule has 0 saturated heterocycles. The average Bonchev–Trinajstić information content (AvgIpc) is 2.40. The number of aliphatic hydroxyl groups excluding tert-OH is 1. The predicted molar refractivity (Wildman–Crippen MR) is 68.2 cm³/mol. The third-order valence-electron chi connectivity index (χ3n) is 2.94. The van der Waals surface area contributed by atoms with E-state index in [1.165, 1.54) is 25.3 Å². The van der Waals surface area contributed by atoms with Crippen molar-refractivity contribution in [1.82, 2.24) is 0 Å². The SMILES string of the molecule is COc1ccc(C(O)c2cc(C)ccc2F)cc1F. The Morgan fingerprint density at radius 2 is 1.79 bits per heavy atom. The maximum Gasteiger partial charge on any atom is 0.165 e. The monoisotopic (exact) mass is 264 g/mol. The number of hydrogen-bond donors (Lipinski definition) is 1. The zero-order valence-corrected chi connectivity index (χ0v) is 10.7. The van der Waals surface area contributed by atoms with Crippen LogP contribution in [0.3, 0.4) is 0 Å². The molecule has 0 spiro atoms. The van der Waals surface area contributed by atoms with E-state index in [9.17, 15) is 13.9 Å². The quantitative estimate of drug-likeness (QED) is 0.921. The third kappa shape index (κ3) is 2.74. The molecule has 19 heavy (non-hydrogen) atoms. The topological polar surface area (TPSA) is 29.5 Å². The minimum absolute atomic E-state index is 0.0839. The lowest BCUT2D eigenvalue weighted by Crippen LogP contribution is -2.04. The van der Waals surface area contributed by atoms with Crippen LogP contribution in [0.25, 0.3) is 0 Å². The van der Waals surface area contributed by atoms with E-state index >= 15 is 0 Å². The van der Waals surface area contributed by atoms with E-state index in [4.69, 9.17) is 4.74 Å². The largest absolute Gasteiger partial charge is 0.494 e. The molecule has 0 aliphatic carbocycles. The van der Waals surface area contributed by atoms with E-state index < -0.39 is 17.7 Å². The van der Waals surface area contributed by atoms with Gasteiger partial charge in [-0.05, 0) is 30.7 Å². The summed E-state index contributed by atoms with van der Waals surface area (Å²) in [6, 6.07) is 8.50. The van der Waals surface area contributed by atoms with Gasteiger partial charge in [-0.3, -0.25) is 0 Å². The van der Waals surface area contributed by atoms with Gasteiger partial charge in [-0.1, -0.05) is 23.8 Å². The molecule has 1 N–H and O–H groups in total. The fraction of sp³-hybridized carbons (Fsp3) is 0.200. The number of hydrogen-bond acceptors (Lipinski definition) is 2. The highest BCUT2D eigenvalue weighted by Crippen LogP contribution is 2.28. The Labute approximate surface area is 110 Å². The van der Waals surface area contributed by atoms with Crippen molar-refractivity contribution in [2.45, 2.75) is 13.0 Å². The number of rotatable bonds is 3. The number of benzene rings is 2. The van der Waals surface area contributed by atoms with Crippen molar-refractivity contribution in [3.05, 3.63) is 64.7 Å². The third-order valence-corrected chi connectivity index (χ3v) is 2.94. The number of aliphatic hydroxyl groups is 1. The normalized spacial score (nSPS) is 12.3. The van der Waals surface area contributed by atoms with E-state index in [1.54, 1.807) is 19.1 Å². The number of aryl methyl sites for hydroxylation is 1. The van der Waals surface area contributed by atoms with Crippen molar-refractivity contribution in [2.75, 3.05) is 7.11 Å². The number of methoxy groups -OCH3 is 1. The van der Waals surface area contributed by atoms with Gasteiger partial charge in [0.05, 0.1) is 7.11 Å². The first kappa shape index (κ1) is 13.5. The van der Waals surface area contributed by atoms with E-state index in [2.05, 4.69) is 0 Å². The Hall–Kier alpha value is -1.94. The molecule has 2 rings (SSSR count). The van der Waals surface area contributed by atoms with Crippen LogP contribution in [-0.4, -0.2) is 12.2 Å². The maximum absolute atomic E-state index is 13.7. The fourth-order valence-corrected chi connectivity index (χ4v) is 1.90. The first-order chi connectivity index (χ1) is 9.02. The second-order valence-corrected chi connectivity index (χ2v) is 4.32. The van der Waals surface area contributed by atoms with Gasteiger partial charge in [-0.25, -0.2) is 8.78 Å². The number of halogens is 2.